The number of nitriles is 1. The highest BCUT2D eigenvalue weighted by atomic mass is 32.2. The molecule has 0 bridgehead atoms. The second kappa shape index (κ2) is 7.81. The Balaban J connectivity index is 2.11. The molecule has 0 saturated carbocycles. The Morgan fingerprint density at radius 1 is 1.12 bits per heavy atom. The second-order valence-corrected chi connectivity index (χ2v) is 7.37. The lowest BCUT2D eigenvalue weighted by molar-refractivity contribution is 0.102. The molecule has 0 saturated heterocycles. The minimum Gasteiger partial charge on any atom is -0.322 e. The zero-order valence-corrected chi connectivity index (χ0v) is 14.9. The van der Waals surface area contributed by atoms with E-state index >= 15 is 0 Å². The molecule has 0 aromatic heterocycles. The van der Waals surface area contributed by atoms with Gasteiger partial charge in [0.1, 0.15) is 0 Å². The van der Waals surface area contributed by atoms with Gasteiger partial charge in [0.15, 0.2) is 0 Å². The van der Waals surface area contributed by atoms with Crippen LogP contribution in [0.25, 0.3) is 0 Å². The quantitative estimate of drug-likeness (QED) is 0.861. The van der Waals surface area contributed by atoms with Crippen LogP contribution >= 0.6 is 0 Å². The summed E-state index contributed by atoms with van der Waals surface area (Å²) in [5, 5.41) is 11.4. The Kier molecular flexibility index (Phi) is 5.78. The summed E-state index contributed by atoms with van der Waals surface area (Å²) in [5.41, 5.74) is 2.45. The van der Waals surface area contributed by atoms with Crippen LogP contribution in [0.4, 0.5) is 11.4 Å². The number of nitrogens with zero attached hydrogens (tertiary/aromatic N) is 2. The summed E-state index contributed by atoms with van der Waals surface area (Å²) >= 11 is 0. The van der Waals surface area contributed by atoms with Crippen LogP contribution < -0.4 is 9.62 Å². The fourth-order valence-electron chi connectivity index (χ4n) is 2.39. The number of benzene rings is 2. The van der Waals surface area contributed by atoms with Gasteiger partial charge in [-0.3, -0.25) is 9.10 Å². The van der Waals surface area contributed by atoms with Crippen molar-refractivity contribution in [1.29, 1.82) is 5.26 Å². The van der Waals surface area contributed by atoms with Crippen molar-refractivity contribution in [2.75, 3.05) is 22.4 Å². The summed E-state index contributed by atoms with van der Waals surface area (Å²) in [7, 11) is -3.35. The van der Waals surface area contributed by atoms with E-state index in [1.165, 1.54) is 4.31 Å². The molecule has 6 nitrogen and oxygen atoms in total. The predicted octanol–water partition coefficient (Wildman–Crippen LogP) is 2.79. The van der Waals surface area contributed by atoms with Crippen molar-refractivity contribution in [2.45, 2.75) is 13.3 Å². The number of hydrogen-bond donors (Lipinski definition) is 1. The van der Waals surface area contributed by atoms with E-state index in [0.29, 0.717) is 29.9 Å². The third-order valence-corrected chi connectivity index (χ3v) is 4.87. The maximum absolute atomic E-state index is 12.3. The summed E-state index contributed by atoms with van der Waals surface area (Å²) in [4.78, 5) is 12.3. The summed E-state index contributed by atoms with van der Waals surface area (Å²) in [6.07, 6.45) is 1.47. The molecular weight excluding hydrogens is 338 g/mol. The maximum atomic E-state index is 12.3. The van der Waals surface area contributed by atoms with E-state index in [4.69, 9.17) is 5.26 Å². The Labute approximate surface area is 147 Å². The number of sulfonamides is 1. The lowest BCUT2D eigenvalue weighted by atomic mass is 10.1. The van der Waals surface area contributed by atoms with Gasteiger partial charge in [0, 0.05) is 17.8 Å². The van der Waals surface area contributed by atoms with Gasteiger partial charge < -0.3 is 5.32 Å². The minimum atomic E-state index is -3.35. The molecule has 0 unspecified atom stereocenters. The van der Waals surface area contributed by atoms with E-state index in [2.05, 4.69) is 11.4 Å². The topological polar surface area (TPSA) is 90.3 Å². The molecule has 0 aliphatic rings. The van der Waals surface area contributed by atoms with E-state index in [-0.39, 0.29) is 5.91 Å². The molecule has 0 radical (unpaired) electrons. The predicted molar refractivity (Wildman–Crippen MR) is 98.0 cm³/mol. The van der Waals surface area contributed by atoms with E-state index in [1.807, 2.05) is 0 Å². The highest BCUT2D eigenvalue weighted by molar-refractivity contribution is 7.92. The number of hydrogen-bond acceptors (Lipinski definition) is 4. The molecule has 2 aromatic carbocycles. The number of anilines is 2. The molecule has 2 rings (SSSR count). The maximum Gasteiger partial charge on any atom is 0.255 e. The van der Waals surface area contributed by atoms with Crippen LogP contribution in [-0.2, 0) is 16.4 Å². The first-order valence-electron chi connectivity index (χ1n) is 7.70. The van der Waals surface area contributed by atoms with E-state index in [9.17, 15) is 13.2 Å². The molecule has 0 fully saturated rings. The molecule has 7 heteroatoms. The SMILES string of the molecule is CCN(c1ccc(C(=O)Nc2ccc(CC#N)cc2)cc1)S(C)(=O)=O. The van der Waals surface area contributed by atoms with Gasteiger partial charge in [-0.2, -0.15) is 5.26 Å². The summed E-state index contributed by atoms with van der Waals surface area (Å²) in [5.74, 6) is -0.290. The molecule has 0 heterocycles. The van der Waals surface area contributed by atoms with Gasteiger partial charge >= 0.3 is 0 Å². The largest absolute Gasteiger partial charge is 0.322 e. The van der Waals surface area contributed by atoms with Gasteiger partial charge in [0.25, 0.3) is 5.91 Å². The Morgan fingerprint density at radius 2 is 1.72 bits per heavy atom. The number of carbonyl (C=O) groups is 1. The van der Waals surface area contributed by atoms with Gasteiger partial charge in [-0.1, -0.05) is 12.1 Å². The molecular formula is C18H19N3O3S. The lowest BCUT2D eigenvalue weighted by Crippen LogP contribution is -2.29. The molecule has 0 atom stereocenters. The number of rotatable bonds is 6. The van der Waals surface area contributed by atoms with Crippen LogP contribution in [0.1, 0.15) is 22.8 Å². The molecule has 0 spiro atoms. The van der Waals surface area contributed by atoms with E-state index in [1.54, 1.807) is 55.5 Å². The zero-order valence-electron chi connectivity index (χ0n) is 14.1. The van der Waals surface area contributed by atoms with Crippen LogP contribution in [0, 0.1) is 11.3 Å². The fraction of sp³-hybridized carbons (Fsp3) is 0.222. The van der Waals surface area contributed by atoms with Gasteiger partial charge in [-0.05, 0) is 48.9 Å². The second-order valence-electron chi connectivity index (χ2n) is 5.46. The summed E-state index contributed by atoms with van der Waals surface area (Å²) in [6, 6.07) is 15.5. The Hall–Kier alpha value is -2.85. The van der Waals surface area contributed by atoms with Crippen molar-refractivity contribution in [3.05, 3.63) is 59.7 Å². The molecule has 25 heavy (non-hydrogen) atoms. The normalized spacial score (nSPS) is 10.8. The molecule has 0 aliphatic carbocycles. The van der Waals surface area contributed by atoms with Crippen LogP contribution in [0.15, 0.2) is 48.5 Å². The van der Waals surface area contributed by atoms with Crippen molar-refractivity contribution < 1.29 is 13.2 Å². The fourth-order valence-corrected chi connectivity index (χ4v) is 3.36. The van der Waals surface area contributed by atoms with Crippen molar-refractivity contribution in [3.8, 4) is 6.07 Å². The summed E-state index contributed by atoms with van der Waals surface area (Å²) < 4.78 is 24.7. The average molecular weight is 357 g/mol. The molecule has 2 aromatic rings. The van der Waals surface area contributed by atoms with Crippen LogP contribution in [0.5, 0.6) is 0 Å². The smallest absolute Gasteiger partial charge is 0.255 e. The van der Waals surface area contributed by atoms with Gasteiger partial charge in [0.2, 0.25) is 10.0 Å². The highest BCUT2D eigenvalue weighted by Gasteiger charge is 2.15. The third kappa shape index (κ3) is 4.81. The van der Waals surface area contributed by atoms with Crippen molar-refractivity contribution in [1.82, 2.24) is 0 Å². The molecule has 1 amide bonds. The first-order chi connectivity index (χ1) is 11.8. The van der Waals surface area contributed by atoms with E-state index < -0.39 is 10.0 Å². The number of nitrogens with one attached hydrogen (secondary N) is 1. The first kappa shape index (κ1) is 18.5. The standard InChI is InChI=1S/C18H19N3O3S/c1-3-21(25(2,23)24)17-10-6-15(7-11-17)18(22)20-16-8-4-14(5-9-16)12-13-19/h4-11H,3,12H2,1-2H3,(H,20,22). The highest BCUT2D eigenvalue weighted by Crippen LogP contribution is 2.19. The van der Waals surface area contributed by atoms with Crippen molar-refractivity contribution >= 4 is 27.3 Å². The first-order valence-corrected chi connectivity index (χ1v) is 9.55. The average Bonchev–Trinajstić information content (AvgIpc) is 2.57. The monoisotopic (exact) mass is 357 g/mol. The molecule has 130 valence electrons. The van der Waals surface area contributed by atoms with Crippen LogP contribution in [-0.4, -0.2) is 27.1 Å². The van der Waals surface area contributed by atoms with Crippen molar-refractivity contribution in [3.63, 3.8) is 0 Å². The van der Waals surface area contributed by atoms with Crippen LogP contribution in [0.2, 0.25) is 0 Å². The lowest BCUT2D eigenvalue weighted by Gasteiger charge is -2.20. The van der Waals surface area contributed by atoms with Gasteiger partial charge in [-0.25, -0.2) is 8.42 Å². The minimum absolute atomic E-state index is 0.290. The molecule has 1 N–H and O–H groups in total. The van der Waals surface area contributed by atoms with E-state index in [0.717, 1.165) is 11.8 Å². The van der Waals surface area contributed by atoms with Crippen molar-refractivity contribution in [2.24, 2.45) is 0 Å². The number of amides is 1. The van der Waals surface area contributed by atoms with Gasteiger partial charge in [0.05, 0.1) is 24.4 Å². The Morgan fingerprint density at radius 3 is 2.20 bits per heavy atom. The molecule has 0 aliphatic heterocycles. The Bertz CT molecular complexity index is 883. The van der Waals surface area contributed by atoms with Gasteiger partial charge in [-0.15, -0.1) is 0 Å². The summed E-state index contributed by atoms with van der Waals surface area (Å²) in [6.45, 7) is 2.07. The zero-order chi connectivity index (χ0) is 18.4. The number of carbonyl (C=O) groups excluding carboxylic acids is 1. The van der Waals surface area contributed by atoms with Crippen LogP contribution in [0.3, 0.4) is 0 Å². The third-order valence-electron chi connectivity index (χ3n) is 3.60.